The maximum absolute atomic E-state index is 13.7. The van der Waals surface area contributed by atoms with Gasteiger partial charge in [-0.2, -0.15) is 0 Å². The molecule has 1 unspecified atom stereocenters. The Morgan fingerprint density at radius 1 is 0.878 bits per heavy atom. The Hall–Kier alpha value is -4.33. The highest BCUT2D eigenvalue weighted by atomic mass is 32.1. The molecule has 4 atom stereocenters. The van der Waals surface area contributed by atoms with Crippen LogP contribution in [0.25, 0.3) is 0 Å². The maximum atomic E-state index is 13.7. The van der Waals surface area contributed by atoms with Crippen molar-refractivity contribution in [1.82, 2.24) is 30.8 Å². The second-order valence-electron chi connectivity index (χ2n) is 12.4. The first-order valence-corrected chi connectivity index (χ1v) is 18.2. The first-order chi connectivity index (χ1) is 23.6. The number of hydrogen-bond donors (Lipinski definition) is 4. The van der Waals surface area contributed by atoms with E-state index in [2.05, 4.69) is 39.8 Å². The number of hydrogen-bond acceptors (Lipinski definition) is 9. The van der Waals surface area contributed by atoms with Crippen LogP contribution in [0, 0.1) is 0 Å². The molecule has 0 bridgehead atoms. The molecule has 4 aromatic rings. The van der Waals surface area contributed by atoms with Crippen LogP contribution in [0.4, 0.5) is 9.59 Å². The van der Waals surface area contributed by atoms with Crippen molar-refractivity contribution in [3.05, 3.63) is 104 Å². The van der Waals surface area contributed by atoms with Gasteiger partial charge in [0.25, 0.3) is 0 Å². The summed E-state index contributed by atoms with van der Waals surface area (Å²) >= 11 is 2.96. The number of nitrogens with zero attached hydrogens (tertiary/aromatic N) is 3. The molecule has 0 saturated carbocycles. The first-order valence-electron chi connectivity index (χ1n) is 16.4. The van der Waals surface area contributed by atoms with Crippen LogP contribution in [0.1, 0.15) is 66.4 Å². The Labute approximate surface area is 296 Å². The van der Waals surface area contributed by atoms with Crippen molar-refractivity contribution >= 4 is 40.7 Å². The summed E-state index contributed by atoms with van der Waals surface area (Å²) in [6.07, 6.45) is 2.08. The zero-order chi connectivity index (χ0) is 35.2. The fourth-order valence-electron chi connectivity index (χ4n) is 5.22. The Bertz CT molecular complexity index is 1580. The van der Waals surface area contributed by atoms with Gasteiger partial charge in [-0.25, -0.2) is 19.6 Å². The summed E-state index contributed by atoms with van der Waals surface area (Å²) in [6, 6.07) is 17.3. The summed E-state index contributed by atoms with van der Waals surface area (Å²) in [5.74, 6) is -0.207. The Balaban J connectivity index is 1.43. The number of benzene rings is 2. The van der Waals surface area contributed by atoms with E-state index in [1.807, 2.05) is 71.4 Å². The molecule has 0 spiro atoms. The lowest BCUT2D eigenvalue weighted by molar-refractivity contribution is -0.126. The van der Waals surface area contributed by atoms with Crippen LogP contribution in [0.3, 0.4) is 0 Å². The molecular formula is C36H46N6O5S2. The molecule has 2 aromatic heterocycles. The predicted octanol–water partition coefficient (Wildman–Crippen LogP) is 5.66. The van der Waals surface area contributed by atoms with Crippen LogP contribution in [0.15, 0.2) is 77.6 Å². The summed E-state index contributed by atoms with van der Waals surface area (Å²) in [4.78, 5) is 49.8. The van der Waals surface area contributed by atoms with Crippen molar-refractivity contribution in [1.29, 1.82) is 0 Å². The van der Waals surface area contributed by atoms with Gasteiger partial charge in [0.15, 0.2) is 0 Å². The highest BCUT2D eigenvalue weighted by Gasteiger charge is 2.29. The van der Waals surface area contributed by atoms with E-state index in [4.69, 9.17) is 4.74 Å². The van der Waals surface area contributed by atoms with E-state index in [0.717, 1.165) is 21.8 Å². The molecule has 4 N–H and O–H groups in total. The SMILES string of the molecule is CC(C)c1nc(CN(C)C(=O)N[C@H](C(=O)N[C@@H](CC[C@@H](Cc2ccccc2)NC(=O)OCc2nccs2)Cc2ccccc2)C(C)O)cs1. The van der Waals surface area contributed by atoms with E-state index < -0.39 is 30.2 Å². The third-order valence-electron chi connectivity index (χ3n) is 7.85. The zero-order valence-corrected chi connectivity index (χ0v) is 30.0. The lowest BCUT2D eigenvalue weighted by Crippen LogP contribution is -2.56. The number of urea groups is 1. The van der Waals surface area contributed by atoms with Gasteiger partial charge in [-0.05, 0) is 43.7 Å². The number of aliphatic hydroxyl groups excluding tert-OH is 1. The van der Waals surface area contributed by atoms with Crippen molar-refractivity contribution in [2.45, 2.75) is 89.8 Å². The average Bonchev–Trinajstić information content (AvgIpc) is 3.78. The van der Waals surface area contributed by atoms with Crippen molar-refractivity contribution in [2.75, 3.05) is 7.05 Å². The van der Waals surface area contributed by atoms with Gasteiger partial charge < -0.3 is 30.7 Å². The fourth-order valence-corrected chi connectivity index (χ4v) is 6.58. The summed E-state index contributed by atoms with van der Waals surface area (Å²) in [5.41, 5.74) is 2.83. The molecule has 4 amide bonds. The number of carbonyl (C=O) groups excluding carboxylic acids is 3. The van der Waals surface area contributed by atoms with Crippen LogP contribution in [-0.2, 0) is 35.5 Å². The van der Waals surface area contributed by atoms with E-state index in [0.29, 0.717) is 30.7 Å². The zero-order valence-electron chi connectivity index (χ0n) is 28.4. The average molecular weight is 707 g/mol. The highest BCUT2D eigenvalue weighted by molar-refractivity contribution is 7.09. The maximum Gasteiger partial charge on any atom is 0.407 e. The van der Waals surface area contributed by atoms with E-state index in [9.17, 15) is 19.5 Å². The molecule has 2 heterocycles. The molecule has 2 aromatic carbocycles. The third kappa shape index (κ3) is 12.6. The molecule has 0 aliphatic carbocycles. The minimum Gasteiger partial charge on any atom is -0.442 e. The summed E-state index contributed by atoms with van der Waals surface area (Å²) in [7, 11) is 1.63. The number of carbonyl (C=O) groups is 3. The van der Waals surface area contributed by atoms with Gasteiger partial charge in [-0.1, -0.05) is 74.5 Å². The molecule has 11 nitrogen and oxygen atoms in total. The molecule has 262 valence electrons. The number of rotatable bonds is 17. The van der Waals surface area contributed by atoms with Gasteiger partial charge in [-0.15, -0.1) is 22.7 Å². The Kier molecular flexibility index (Phi) is 14.5. The van der Waals surface area contributed by atoms with Gasteiger partial charge >= 0.3 is 12.1 Å². The lowest BCUT2D eigenvalue weighted by atomic mass is 9.95. The number of aromatic nitrogens is 2. The minimum absolute atomic E-state index is 0.0820. The van der Waals surface area contributed by atoms with E-state index in [1.54, 1.807) is 24.6 Å². The Morgan fingerprint density at radius 2 is 1.49 bits per heavy atom. The molecule has 0 saturated heterocycles. The molecule has 0 aliphatic heterocycles. The summed E-state index contributed by atoms with van der Waals surface area (Å²) in [5, 5.41) is 24.8. The largest absolute Gasteiger partial charge is 0.442 e. The first kappa shape index (κ1) is 37.5. The van der Waals surface area contributed by atoms with Crippen LogP contribution in [-0.4, -0.2) is 69.3 Å². The van der Waals surface area contributed by atoms with Crippen molar-refractivity contribution in [2.24, 2.45) is 0 Å². The van der Waals surface area contributed by atoms with E-state index in [1.165, 1.54) is 23.2 Å². The lowest BCUT2D eigenvalue weighted by Gasteiger charge is -2.28. The van der Waals surface area contributed by atoms with Crippen LogP contribution in [0.2, 0.25) is 0 Å². The molecule has 49 heavy (non-hydrogen) atoms. The second-order valence-corrected chi connectivity index (χ2v) is 14.2. The number of thiazole rings is 2. The predicted molar refractivity (Wildman–Crippen MR) is 192 cm³/mol. The molecular weight excluding hydrogens is 661 g/mol. The second kappa shape index (κ2) is 19.0. The fraction of sp³-hybridized carbons (Fsp3) is 0.417. The standard InChI is InChI=1S/C36H46N6O5S2/c1-24(2)34-39-30(23-49-34)21-42(4)35(45)41-32(25(3)43)33(44)38-28(19-26-11-7-5-8-12-26)15-16-29(20-27-13-9-6-10-14-27)40-36(46)47-22-31-37-17-18-48-31/h5-14,17-18,23-25,28-29,32,43H,15-16,19-22H2,1-4H3,(H,38,44)(H,40,46)(H,41,45)/t25?,28-,29-,32-/m0/s1. The van der Waals surface area contributed by atoms with Crippen LogP contribution < -0.4 is 16.0 Å². The van der Waals surface area contributed by atoms with Crippen molar-refractivity contribution in [3.8, 4) is 0 Å². The third-order valence-corrected chi connectivity index (χ3v) is 9.79. The highest BCUT2D eigenvalue weighted by Crippen LogP contribution is 2.20. The minimum atomic E-state index is -1.19. The summed E-state index contributed by atoms with van der Waals surface area (Å²) in [6.45, 7) is 5.95. The summed E-state index contributed by atoms with van der Waals surface area (Å²) < 4.78 is 5.44. The van der Waals surface area contributed by atoms with Crippen LogP contribution in [0.5, 0.6) is 0 Å². The topological polar surface area (TPSA) is 146 Å². The smallest absolute Gasteiger partial charge is 0.407 e. The van der Waals surface area contributed by atoms with E-state index >= 15 is 0 Å². The van der Waals surface area contributed by atoms with Gasteiger partial charge in [0.05, 0.1) is 23.4 Å². The van der Waals surface area contributed by atoms with Crippen LogP contribution >= 0.6 is 22.7 Å². The number of nitrogens with one attached hydrogen (secondary N) is 3. The molecule has 0 fully saturated rings. The number of ether oxygens (including phenoxy) is 1. The number of alkyl carbamates (subject to hydrolysis) is 1. The molecule has 4 rings (SSSR count). The van der Waals surface area contributed by atoms with Crippen molar-refractivity contribution in [3.63, 3.8) is 0 Å². The van der Waals surface area contributed by atoms with Gasteiger partial charge in [0.2, 0.25) is 5.91 Å². The normalized spacial score (nSPS) is 13.6. The monoisotopic (exact) mass is 706 g/mol. The molecule has 0 aliphatic rings. The van der Waals surface area contributed by atoms with Gasteiger partial charge in [0.1, 0.15) is 17.7 Å². The van der Waals surface area contributed by atoms with Gasteiger partial charge in [0, 0.05) is 42.0 Å². The quantitative estimate of drug-likeness (QED) is 0.111. The molecule has 0 radical (unpaired) electrons. The number of amides is 4. The molecule has 13 heteroatoms. The van der Waals surface area contributed by atoms with Crippen molar-refractivity contribution < 1.29 is 24.2 Å². The Morgan fingerprint density at radius 3 is 2.02 bits per heavy atom. The van der Waals surface area contributed by atoms with E-state index in [-0.39, 0.29) is 31.2 Å². The number of aliphatic hydroxyl groups is 1. The van der Waals surface area contributed by atoms with Gasteiger partial charge in [-0.3, -0.25) is 4.79 Å².